The van der Waals surface area contributed by atoms with Crippen molar-refractivity contribution >= 4 is 0 Å². The van der Waals surface area contributed by atoms with Crippen molar-refractivity contribution in [1.29, 1.82) is 0 Å². The first-order valence-corrected chi connectivity index (χ1v) is 5.56. The highest BCUT2D eigenvalue weighted by Crippen LogP contribution is 2.35. The Hall–Kier alpha value is -1.26. The van der Waals surface area contributed by atoms with Crippen molar-refractivity contribution in [3.8, 4) is 11.5 Å². The minimum absolute atomic E-state index is 0.0222. The molecule has 0 fully saturated rings. The molecule has 0 atom stereocenters. The molecule has 17 heavy (non-hydrogen) atoms. The van der Waals surface area contributed by atoms with Gasteiger partial charge in [0.2, 0.25) is 0 Å². The maximum atomic E-state index is 9.94. The van der Waals surface area contributed by atoms with Crippen LogP contribution in [0.15, 0.2) is 12.1 Å². The highest BCUT2D eigenvalue weighted by molar-refractivity contribution is 5.50. The Bertz CT molecular complexity index is 383. The van der Waals surface area contributed by atoms with Gasteiger partial charge in [-0.05, 0) is 23.1 Å². The van der Waals surface area contributed by atoms with Gasteiger partial charge in [-0.3, -0.25) is 0 Å². The number of nitrogens with one attached hydrogen (secondary N) is 1. The topological polar surface area (TPSA) is 50.7 Å². The molecule has 0 amide bonds. The Balaban J connectivity index is 3.19. The van der Waals surface area contributed by atoms with E-state index in [1.165, 1.54) is 0 Å². The fraction of sp³-hybridized carbons (Fsp3) is 0.538. The average molecular weight is 239 g/mol. The summed E-state index contributed by atoms with van der Waals surface area (Å²) in [4.78, 5) is 4.82. The highest BCUT2D eigenvalue weighted by atomic mass is 16.6. The van der Waals surface area contributed by atoms with E-state index in [9.17, 15) is 5.11 Å². The molecule has 2 N–H and O–H groups in total. The van der Waals surface area contributed by atoms with E-state index in [2.05, 4.69) is 26.3 Å². The maximum absolute atomic E-state index is 9.94. The summed E-state index contributed by atoms with van der Waals surface area (Å²) in [6.07, 6.45) is 0. The van der Waals surface area contributed by atoms with Gasteiger partial charge in [0.25, 0.3) is 0 Å². The second-order valence-corrected chi connectivity index (χ2v) is 4.96. The third-order valence-electron chi connectivity index (χ3n) is 2.62. The lowest BCUT2D eigenvalue weighted by Gasteiger charge is -2.22. The lowest BCUT2D eigenvalue weighted by atomic mass is 9.85. The van der Waals surface area contributed by atoms with E-state index < -0.39 is 0 Å². The van der Waals surface area contributed by atoms with Crippen molar-refractivity contribution in [2.75, 3.05) is 14.2 Å². The summed E-state index contributed by atoms with van der Waals surface area (Å²) in [5.41, 5.74) is 4.67. The molecule has 1 rings (SSSR count). The molecule has 0 aliphatic rings. The number of aromatic hydroxyl groups is 1. The first-order valence-electron chi connectivity index (χ1n) is 5.56. The summed E-state index contributed by atoms with van der Waals surface area (Å²) in [6, 6.07) is 3.76. The van der Waals surface area contributed by atoms with Crippen LogP contribution < -0.4 is 10.2 Å². The van der Waals surface area contributed by atoms with E-state index in [1.54, 1.807) is 20.3 Å². The molecule has 1 aromatic rings. The van der Waals surface area contributed by atoms with E-state index in [-0.39, 0.29) is 11.2 Å². The predicted octanol–water partition coefficient (Wildman–Crippen LogP) is 2.35. The van der Waals surface area contributed by atoms with E-state index in [4.69, 9.17) is 9.57 Å². The molecule has 0 saturated carbocycles. The average Bonchev–Trinajstić information content (AvgIpc) is 2.24. The summed E-state index contributed by atoms with van der Waals surface area (Å²) < 4.78 is 5.20. The third-order valence-corrected chi connectivity index (χ3v) is 2.62. The van der Waals surface area contributed by atoms with Gasteiger partial charge < -0.3 is 14.7 Å². The molecular formula is C13H21NO3. The van der Waals surface area contributed by atoms with Crippen LogP contribution in [0.5, 0.6) is 11.5 Å². The van der Waals surface area contributed by atoms with Crippen LogP contribution in [0.25, 0.3) is 0 Å². The summed E-state index contributed by atoms with van der Waals surface area (Å²) in [6.45, 7) is 6.78. The summed E-state index contributed by atoms with van der Waals surface area (Å²) in [7, 11) is 3.10. The van der Waals surface area contributed by atoms with Gasteiger partial charge in [0.05, 0.1) is 14.2 Å². The van der Waals surface area contributed by atoms with Crippen LogP contribution in [-0.4, -0.2) is 19.3 Å². The summed E-state index contributed by atoms with van der Waals surface area (Å²) in [5, 5.41) is 9.94. The Morgan fingerprint density at radius 3 is 2.35 bits per heavy atom. The van der Waals surface area contributed by atoms with Gasteiger partial charge in [-0.15, -0.1) is 0 Å². The second kappa shape index (κ2) is 5.38. The number of phenolic OH excluding ortho intramolecular Hbond substituents is 1. The van der Waals surface area contributed by atoms with E-state index in [0.717, 1.165) is 11.1 Å². The smallest absolute Gasteiger partial charge is 0.165 e. The minimum atomic E-state index is -0.0222. The molecule has 0 saturated heterocycles. The second-order valence-electron chi connectivity index (χ2n) is 4.96. The monoisotopic (exact) mass is 239 g/mol. The van der Waals surface area contributed by atoms with Crippen molar-refractivity contribution in [1.82, 2.24) is 5.48 Å². The molecule has 4 nitrogen and oxygen atoms in total. The number of hydrogen-bond acceptors (Lipinski definition) is 4. The lowest BCUT2D eigenvalue weighted by molar-refractivity contribution is 0.0860. The van der Waals surface area contributed by atoms with Crippen LogP contribution in [0.2, 0.25) is 0 Å². The van der Waals surface area contributed by atoms with Crippen molar-refractivity contribution in [3.63, 3.8) is 0 Å². The molecule has 0 heterocycles. The van der Waals surface area contributed by atoms with Crippen LogP contribution in [0.4, 0.5) is 0 Å². The van der Waals surface area contributed by atoms with Gasteiger partial charge in [0.15, 0.2) is 11.5 Å². The van der Waals surface area contributed by atoms with Crippen molar-refractivity contribution < 1.29 is 14.7 Å². The van der Waals surface area contributed by atoms with Crippen LogP contribution >= 0.6 is 0 Å². The summed E-state index contributed by atoms with van der Waals surface area (Å²) >= 11 is 0. The Morgan fingerprint density at radius 2 is 1.88 bits per heavy atom. The van der Waals surface area contributed by atoms with Gasteiger partial charge in [-0.1, -0.05) is 20.8 Å². The summed E-state index contributed by atoms with van der Waals surface area (Å²) in [5.74, 6) is 0.648. The van der Waals surface area contributed by atoms with E-state index in [0.29, 0.717) is 12.3 Å². The zero-order valence-electron chi connectivity index (χ0n) is 11.1. The normalized spacial score (nSPS) is 11.6. The van der Waals surface area contributed by atoms with Crippen molar-refractivity contribution in [3.05, 3.63) is 23.3 Å². The number of rotatable bonds is 4. The van der Waals surface area contributed by atoms with Gasteiger partial charge in [0.1, 0.15) is 0 Å². The van der Waals surface area contributed by atoms with Gasteiger partial charge in [-0.2, -0.15) is 5.48 Å². The zero-order chi connectivity index (χ0) is 13.1. The lowest BCUT2D eigenvalue weighted by Crippen LogP contribution is -2.15. The Kier molecular flexibility index (Phi) is 4.37. The first-order chi connectivity index (χ1) is 7.90. The largest absolute Gasteiger partial charge is 0.504 e. The molecule has 0 radical (unpaired) electrons. The standard InChI is InChI=1S/C13H21NO3/c1-13(2,3)10-6-9(8-14-17-5)12(16-4)11(15)7-10/h6-7,14-15H,8H2,1-5H3. The van der Waals surface area contributed by atoms with Crippen LogP contribution in [0, 0.1) is 0 Å². The molecule has 96 valence electrons. The molecule has 0 spiro atoms. The fourth-order valence-corrected chi connectivity index (χ4v) is 1.62. The molecule has 0 aliphatic heterocycles. The van der Waals surface area contributed by atoms with Crippen LogP contribution in [0.3, 0.4) is 0 Å². The van der Waals surface area contributed by atoms with E-state index in [1.807, 2.05) is 6.07 Å². The zero-order valence-corrected chi connectivity index (χ0v) is 11.1. The Morgan fingerprint density at radius 1 is 1.24 bits per heavy atom. The molecule has 0 aliphatic carbocycles. The van der Waals surface area contributed by atoms with Crippen molar-refractivity contribution in [2.24, 2.45) is 0 Å². The van der Waals surface area contributed by atoms with Crippen LogP contribution in [0.1, 0.15) is 31.9 Å². The number of ether oxygens (including phenoxy) is 1. The number of methoxy groups -OCH3 is 1. The number of hydrogen-bond donors (Lipinski definition) is 2. The number of benzene rings is 1. The molecule has 1 aromatic carbocycles. The Labute approximate surface area is 103 Å². The minimum Gasteiger partial charge on any atom is -0.504 e. The number of phenols is 1. The molecular weight excluding hydrogens is 218 g/mol. The predicted molar refractivity (Wildman–Crippen MR) is 67.2 cm³/mol. The maximum Gasteiger partial charge on any atom is 0.165 e. The van der Waals surface area contributed by atoms with Crippen LogP contribution in [-0.2, 0) is 16.8 Å². The van der Waals surface area contributed by atoms with Gasteiger partial charge in [-0.25, -0.2) is 0 Å². The van der Waals surface area contributed by atoms with E-state index >= 15 is 0 Å². The third kappa shape index (κ3) is 3.35. The first kappa shape index (κ1) is 13.8. The quantitative estimate of drug-likeness (QED) is 0.792. The highest BCUT2D eigenvalue weighted by Gasteiger charge is 2.19. The molecule has 0 unspecified atom stereocenters. The molecule has 0 aromatic heterocycles. The van der Waals surface area contributed by atoms with Crippen molar-refractivity contribution in [2.45, 2.75) is 32.7 Å². The van der Waals surface area contributed by atoms with Gasteiger partial charge >= 0.3 is 0 Å². The number of hydroxylamine groups is 1. The SMILES string of the molecule is CONCc1cc(C(C)(C)C)cc(O)c1OC. The fourth-order valence-electron chi connectivity index (χ4n) is 1.62. The molecule has 4 heteroatoms. The van der Waals surface area contributed by atoms with Gasteiger partial charge in [0, 0.05) is 12.1 Å². The molecule has 0 bridgehead atoms.